The molecule has 0 aromatic heterocycles. The second-order valence-electron chi connectivity index (χ2n) is 4.77. The first-order chi connectivity index (χ1) is 8.07. The van der Waals surface area contributed by atoms with E-state index in [0.717, 1.165) is 12.8 Å². The van der Waals surface area contributed by atoms with E-state index in [2.05, 4.69) is 5.32 Å². The molecule has 0 radical (unpaired) electrons. The van der Waals surface area contributed by atoms with Crippen molar-refractivity contribution in [3.63, 3.8) is 0 Å². The number of carbonyl (C=O) groups excluding carboxylic acids is 2. The Morgan fingerprint density at radius 3 is 2.11 bits per heavy atom. The predicted molar refractivity (Wildman–Crippen MR) is 70.6 cm³/mol. The lowest BCUT2D eigenvalue weighted by Crippen LogP contribution is -2.56. The molecule has 18 heavy (non-hydrogen) atoms. The summed E-state index contributed by atoms with van der Waals surface area (Å²) in [6, 6.07) is -0.0477. The molecule has 2 fully saturated rings. The van der Waals surface area contributed by atoms with E-state index in [0.29, 0.717) is 32.7 Å². The Balaban J connectivity index is 0.00000162. The third-order valence-corrected chi connectivity index (χ3v) is 3.40. The normalized spacial score (nSPS) is 21.0. The summed E-state index contributed by atoms with van der Waals surface area (Å²) >= 11 is 0. The van der Waals surface area contributed by atoms with Gasteiger partial charge >= 0.3 is 6.03 Å². The number of carbonyl (C=O) groups is 2. The fourth-order valence-electron chi connectivity index (χ4n) is 2.04. The van der Waals surface area contributed by atoms with E-state index in [9.17, 15) is 9.59 Å². The van der Waals surface area contributed by atoms with Gasteiger partial charge in [0.25, 0.3) is 0 Å². The van der Waals surface area contributed by atoms with Gasteiger partial charge in [-0.2, -0.15) is 0 Å². The van der Waals surface area contributed by atoms with Crippen molar-refractivity contribution in [2.24, 2.45) is 5.73 Å². The van der Waals surface area contributed by atoms with Gasteiger partial charge < -0.3 is 20.9 Å². The van der Waals surface area contributed by atoms with Crippen molar-refractivity contribution in [3.05, 3.63) is 0 Å². The van der Waals surface area contributed by atoms with Crippen molar-refractivity contribution in [1.29, 1.82) is 0 Å². The highest BCUT2D eigenvalue weighted by Gasteiger charge is 2.48. The second-order valence-corrected chi connectivity index (χ2v) is 4.77. The average Bonchev–Trinajstić information content (AvgIpc) is 3.08. The molecular formula is C11H21ClN4O2. The van der Waals surface area contributed by atoms with Crippen molar-refractivity contribution in [2.75, 3.05) is 32.7 Å². The lowest BCUT2D eigenvalue weighted by molar-refractivity contribution is -0.135. The molecule has 104 valence electrons. The lowest BCUT2D eigenvalue weighted by atomic mass is 10.2. The minimum absolute atomic E-state index is 0. The molecule has 3 amide bonds. The molecule has 1 heterocycles. The van der Waals surface area contributed by atoms with Crippen LogP contribution in [0.5, 0.6) is 0 Å². The van der Waals surface area contributed by atoms with Gasteiger partial charge in [-0.25, -0.2) is 4.79 Å². The van der Waals surface area contributed by atoms with Crippen LogP contribution in [0.2, 0.25) is 0 Å². The largest absolute Gasteiger partial charge is 0.338 e. The number of amides is 3. The Morgan fingerprint density at radius 2 is 1.67 bits per heavy atom. The molecule has 1 aliphatic carbocycles. The third kappa shape index (κ3) is 3.05. The Labute approximate surface area is 113 Å². The first-order valence-electron chi connectivity index (χ1n) is 6.18. The monoisotopic (exact) mass is 276 g/mol. The SMILES string of the molecule is CCNC(=O)N1CCN(C(=O)C2(N)CC2)CC1.Cl. The number of nitrogens with one attached hydrogen (secondary N) is 1. The average molecular weight is 277 g/mol. The van der Waals surface area contributed by atoms with Gasteiger partial charge in [0, 0.05) is 32.7 Å². The predicted octanol–water partition coefficient (Wildman–Crippen LogP) is -0.227. The van der Waals surface area contributed by atoms with Gasteiger partial charge in [-0.05, 0) is 19.8 Å². The summed E-state index contributed by atoms with van der Waals surface area (Å²) in [4.78, 5) is 27.1. The van der Waals surface area contributed by atoms with Crippen LogP contribution in [0.1, 0.15) is 19.8 Å². The van der Waals surface area contributed by atoms with Crippen LogP contribution >= 0.6 is 12.4 Å². The summed E-state index contributed by atoms with van der Waals surface area (Å²) in [6.07, 6.45) is 1.59. The molecule has 1 saturated heterocycles. The van der Waals surface area contributed by atoms with Crippen molar-refractivity contribution < 1.29 is 9.59 Å². The zero-order valence-electron chi connectivity index (χ0n) is 10.6. The maximum absolute atomic E-state index is 12.0. The summed E-state index contributed by atoms with van der Waals surface area (Å²) in [7, 11) is 0. The third-order valence-electron chi connectivity index (χ3n) is 3.40. The van der Waals surface area contributed by atoms with Crippen LogP contribution < -0.4 is 11.1 Å². The molecule has 7 heteroatoms. The fraction of sp³-hybridized carbons (Fsp3) is 0.818. The van der Waals surface area contributed by atoms with E-state index in [1.165, 1.54) is 0 Å². The molecule has 1 saturated carbocycles. The smallest absolute Gasteiger partial charge is 0.317 e. The lowest BCUT2D eigenvalue weighted by Gasteiger charge is -2.35. The minimum atomic E-state index is -0.589. The minimum Gasteiger partial charge on any atom is -0.338 e. The summed E-state index contributed by atoms with van der Waals surface area (Å²) in [5.74, 6) is 0.0491. The number of hydrogen-bond donors (Lipinski definition) is 2. The zero-order valence-corrected chi connectivity index (χ0v) is 11.5. The first-order valence-corrected chi connectivity index (χ1v) is 6.18. The van der Waals surface area contributed by atoms with Crippen LogP contribution in [0.15, 0.2) is 0 Å². The van der Waals surface area contributed by atoms with E-state index in [1.54, 1.807) is 9.80 Å². The number of hydrogen-bond acceptors (Lipinski definition) is 3. The van der Waals surface area contributed by atoms with Crippen molar-refractivity contribution in [3.8, 4) is 0 Å². The van der Waals surface area contributed by atoms with Gasteiger partial charge in [0.1, 0.15) is 0 Å². The number of rotatable bonds is 2. The van der Waals surface area contributed by atoms with Gasteiger partial charge in [-0.1, -0.05) is 0 Å². The fourth-order valence-corrected chi connectivity index (χ4v) is 2.04. The summed E-state index contributed by atoms with van der Waals surface area (Å²) in [5, 5.41) is 2.76. The molecule has 2 aliphatic rings. The van der Waals surface area contributed by atoms with Crippen LogP contribution in [0.3, 0.4) is 0 Å². The van der Waals surface area contributed by atoms with Crippen LogP contribution in [0, 0.1) is 0 Å². The van der Waals surface area contributed by atoms with E-state index in [-0.39, 0.29) is 24.3 Å². The topological polar surface area (TPSA) is 78.7 Å². The molecule has 3 N–H and O–H groups in total. The molecule has 2 rings (SSSR count). The quantitative estimate of drug-likeness (QED) is 0.731. The summed E-state index contributed by atoms with van der Waals surface area (Å²) < 4.78 is 0. The van der Waals surface area contributed by atoms with E-state index >= 15 is 0 Å². The number of urea groups is 1. The molecule has 1 aliphatic heterocycles. The van der Waals surface area contributed by atoms with E-state index < -0.39 is 5.54 Å². The van der Waals surface area contributed by atoms with Crippen LogP contribution in [-0.2, 0) is 4.79 Å². The molecule has 0 atom stereocenters. The molecule has 0 unspecified atom stereocenters. The van der Waals surface area contributed by atoms with Crippen molar-refractivity contribution in [1.82, 2.24) is 15.1 Å². The van der Waals surface area contributed by atoms with Gasteiger partial charge in [0.2, 0.25) is 5.91 Å². The van der Waals surface area contributed by atoms with Gasteiger partial charge in [0.05, 0.1) is 5.54 Å². The number of piperazine rings is 1. The molecular weight excluding hydrogens is 256 g/mol. The first kappa shape index (κ1) is 15.0. The Kier molecular flexibility index (Phi) is 4.81. The van der Waals surface area contributed by atoms with Gasteiger partial charge in [0.15, 0.2) is 0 Å². The Hall–Kier alpha value is -1.01. The van der Waals surface area contributed by atoms with Gasteiger partial charge in [-0.15, -0.1) is 12.4 Å². The maximum atomic E-state index is 12.0. The number of halogens is 1. The second kappa shape index (κ2) is 5.75. The highest BCUT2D eigenvalue weighted by Crippen LogP contribution is 2.34. The van der Waals surface area contributed by atoms with Gasteiger partial charge in [-0.3, -0.25) is 4.79 Å². The molecule has 0 aromatic carbocycles. The summed E-state index contributed by atoms with van der Waals surface area (Å²) in [5.41, 5.74) is 5.29. The number of nitrogens with two attached hydrogens (primary N) is 1. The van der Waals surface area contributed by atoms with Crippen LogP contribution in [0.25, 0.3) is 0 Å². The highest BCUT2D eigenvalue weighted by atomic mass is 35.5. The number of nitrogens with zero attached hydrogens (tertiary/aromatic N) is 2. The van der Waals surface area contributed by atoms with E-state index in [4.69, 9.17) is 5.73 Å². The molecule has 0 spiro atoms. The summed E-state index contributed by atoms with van der Waals surface area (Å²) in [6.45, 7) is 4.89. The molecule has 6 nitrogen and oxygen atoms in total. The standard InChI is InChI=1S/C11H20N4O2.ClH/c1-2-13-10(17)15-7-5-14(6-8-15)9(16)11(12)3-4-11;/h2-8,12H2,1H3,(H,13,17);1H. The zero-order chi connectivity index (χ0) is 12.5. The molecule has 0 aromatic rings. The maximum Gasteiger partial charge on any atom is 0.317 e. The van der Waals surface area contributed by atoms with Crippen molar-refractivity contribution >= 4 is 24.3 Å². The molecule has 0 bridgehead atoms. The Morgan fingerprint density at radius 1 is 1.17 bits per heavy atom. The Bertz CT molecular complexity index is 325. The highest BCUT2D eigenvalue weighted by molar-refractivity contribution is 5.89. The van der Waals surface area contributed by atoms with Crippen molar-refractivity contribution in [2.45, 2.75) is 25.3 Å². The van der Waals surface area contributed by atoms with E-state index in [1.807, 2.05) is 6.92 Å². The van der Waals surface area contributed by atoms with Crippen LogP contribution in [0.4, 0.5) is 4.79 Å². The van der Waals surface area contributed by atoms with Crippen LogP contribution in [-0.4, -0.2) is 60.0 Å².